The van der Waals surface area contributed by atoms with Crippen LogP contribution in [0.15, 0.2) is 29.6 Å². The molecule has 3 rings (SSSR count). The molecule has 1 heterocycles. The van der Waals surface area contributed by atoms with Gasteiger partial charge in [0.25, 0.3) is 0 Å². The average Bonchev–Trinajstić information content (AvgIpc) is 3.07. The van der Waals surface area contributed by atoms with Crippen molar-refractivity contribution in [3.05, 3.63) is 39.8 Å². The molecule has 0 aliphatic heterocycles. The van der Waals surface area contributed by atoms with Gasteiger partial charge >= 0.3 is 0 Å². The summed E-state index contributed by atoms with van der Waals surface area (Å²) in [7, 11) is 0. The van der Waals surface area contributed by atoms with E-state index in [0.29, 0.717) is 12.1 Å². The van der Waals surface area contributed by atoms with Crippen LogP contribution in [0.2, 0.25) is 0 Å². The van der Waals surface area contributed by atoms with Crippen molar-refractivity contribution in [2.75, 3.05) is 5.32 Å². The first kappa shape index (κ1) is 12.7. The fourth-order valence-electron chi connectivity index (χ4n) is 1.95. The Bertz CT molecular complexity index is 641. The summed E-state index contributed by atoms with van der Waals surface area (Å²) in [5, 5.41) is 19.0. The van der Waals surface area contributed by atoms with Crippen LogP contribution in [-0.4, -0.2) is 26.5 Å². The number of anilines is 1. The first-order chi connectivity index (χ1) is 9.65. The fraction of sp³-hybridized carbons (Fsp3) is 0.250. The minimum Gasteiger partial charge on any atom is -0.326 e. The smallest absolute Gasteiger partial charge is 0.234 e. The van der Waals surface area contributed by atoms with Crippen molar-refractivity contribution >= 4 is 23.1 Å². The predicted octanol–water partition coefficient (Wildman–Crippen LogP) is 1.81. The summed E-state index contributed by atoms with van der Waals surface area (Å²) in [4.78, 5) is 21.9. The van der Waals surface area contributed by atoms with E-state index in [1.807, 2.05) is 17.5 Å². The third kappa shape index (κ3) is 2.50. The number of carbonyl (C=O) groups is 1. The molecule has 1 saturated carbocycles. The molecule has 1 aromatic heterocycles. The van der Waals surface area contributed by atoms with Crippen molar-refractivity contribution in [1.29, 1.82) is 0 Å². The van der Waals surface area contributed by atoms with Gasteiger partial charge in [-0.05, 0) is 23.7 Å². The Morgan fingerprint density at radius 3 is 2.70 bits per heavy atom. The first-order valence-electron chi connectivity index (χ1n) is 5.97. The molecule has 7 nitrogen and oxygen atoms in total. The Morgan fingerprint density at radius 2 is 2.15 bits per heavy atom. The molecule has 8 heteroatoms. The SMILES string of the molecule is O=C(Nc1ccc(-c2csnn2)cc1)C1CC1[N+](=O)[O-]. The van der Waals surface area contributed by atoms with Crippen LogP contribution in [0.4, 0.5) is 5.69 Å². The zero-order chi connectivity index (χ0) is 14.1. The molecular formula is C12H10N4O3S. The number of amides is 1. The third-order valence-corrected chi connectivity index (χ3v) is 3.68. The first-order valence-corrected chi connectivity index (χ1v) is 6.80. The number of nitrogens with one attached hydrogen (secondary N) is 1. The Labute approximate surface area is 117 Å². The maximum Gasteiger partial charge on any atom is 0.234 e. The minimum absolute atomic E-state index is 0.297. The van der Waals surface area contributed by atoms with E-state index in [1.165, 1.54) is 11.5 Å². The molecule has 2 unspecified atom stereocenters. The van der Waals surface area contributed by atoms with Crippen molar-refractivity contribution in [1.82, 2.24) is 9.59 Å². The lowest BCUT2D eigenvalue weighted by molar-refractivity contribution is -0.497. The van der Waals surface area contributed by atoms with Crippen LogP contribution in [0.1, 0.15) is 6.42 Å². The van der Waals surface area contributed by atoms with Gasteiger partial charge in [0.05, 0.1) is 0 Å². The van der Waals surface area contributed by atoms with Crippen LogP contribution in [-0.2, 0) is 4.79 Å². The fourth-order valence-corrected chi connectivity index (χ4v) is 2.41. The molecule has 0 saturated heterocycles. The zero-order valence-electron chi connectivity index (χ0n) is 10.2. The minimum atomic E-state index is -0.727. The highest BCUT2D eigenvalue weighted by atomic mass is 32.1. The van der Waals surface area contributed by atoms with Gasteiger partial charge in [-0.3, -0.25) is 14.9 Å². The van der Waals surface area contributed by atoms with E-state index in [-0.39, 0.29) is 5.91 Å². The molecule has 102 valence electrons. The van der Waals surface area contributed by atoms with E-state index in [2.05, 4.69) is 14.9 Å². The quantitative estimate of drug-likeness (QED) is 0.684. The highest BCUT2D eigenvalue weighted by Crippen LogP contribution is 2.34. The molecule has 1 fully saturated rings. The van der Waals surface area contributed by atoms with Crippen molar-refractivity contribution in [2.45, 2.75) is 12.5 Å². The Balaban J connectivity index is 1.64. The molecule has 2 atom stereocenters. The van der Waals surface area contributed by atoms with Gasteiger partial charge in [0.15, 0.2) is 0 Å². The highest BCUT2D eigenvalue weighted by molar-refractivity contribution is 7.03. The maximum absolute atomic E-state index is 11.8. The topological polar surface area (TPSA) is 98.0 Å². The molecule has 2 aromatic rings. The van der Waals surface area contributed by atoms with Crippen LogP contribution in [0, 0.1) is 16.0 Å². The lowest BCUT2D eigenvalue weighted by atomic mass is 10.1. The van der Waals surface area contributed by atoms with Gasteiger partial charge in [-0.1, -0.05) is 16.6 Å². The van der Waals surface area contributed by atoms with Crippen molar-refractivity contribution in [2.24, 2.45) is 5.92 Å². The zero-order valence-corrected chi connectivity index (χ0v) is 11.0. The monoisotopic (exact) mass is 290 g/mol. The van der Waals surface area contributed by atoms with Gasteiger partial charge in [-0.2, -0.15) is 0 Å². The van der Waals surface area contributed by atoms with Gasteiger partial charge in [-0.15, -0.1) is 5.10 Å². The summed E-state index contributed by atoms with van der Waals surface area (Å²) < 4.78 is 3.78. The van der Waals surface area contributed by atoms with E-state index in [0.717, 1.165) is 11.3 Å². The molecule has 1 N–H and O–H groups in total. The van der Waals surface area contributed by atoms with Crippen molar-refractivity contribution in [3.8, 4) is 11.3 Å². The second kappa shape index (κ2) is 4.97. The number of hydrogen-bond acceptors (Lipinski definition) is 6. The summed E-state index contributed by atoms with van der Waals surface area (Å²) in [6, 6.07) is 6.41. The highest BCUT2D eigenvalue weighted by Gasteiger charge is 2.53. The van der Waals surface area contributed by atoms with Crippen LogP contribution >= 0.6 is 11.5 Å². The number of nitro groups is 1. The van der Waals surface area contributed by atoms with E-state index >= 15 is 0 Å². The molecule has 1 amide bonds. The number of nitrogens with zero attached hydrogens (tertiary/aromatic N) is 3. The second-order valence-electron chi connectivity index (χ2n) is 4.55. The summed E-state index contributed by atoms with van der Waals surface area (Å²) in [6.45, 7) is 0. The lowest BCUT2D eigenvalue weighted by Gasteiger charge is -2.04. The molecule has 1 aliphatic rings. The molecule has 1 aliphatic carbocycles. The van der Waals surface area contributed by atoms with Crippen LogP contribution in [0.5, 0.6) is 0 Å². The van der Waals surface area contributed by atoms with Gasteiger partial charge < -0.3 is 5.32 Å². The molecule has 20 heavy (non-hydrogen) atoms. The molecule has 0 spiro atoms. The third-order valence-electron chi connectivity index (χ3n) is 3.17. The summed E-state index contributed by atoms with van der Waals surface area (Å²) in [5.74, 6) is -0.804. The Hall–Kier alpha value is -2.35. The largest absolute Gasteiger partial charge is 0.326 e. The Kier molecular flexibility index (Phi) is 3.15. The van der Waals surface area contributed by atoms with Gasteiger partial charge in [0, 0.05) is 28.0 Å². The number of carbonyl (C=O) groups excluding carboxylic acids is 1. The molecular weight excluding hydrogens is 280 g/mol. The molecule has 0 bridgehead atoms. The number of benzene rings is 1. The predicted molar refractivity (Wildman–Crippen MR) is 72.9 cm³/mol. The van der Waals surface area contributed by atoms with Crippen LogP contribution in [0.3, 0.4) is 0 Å². The van der Waals surface area contributed by atoms with Gasteiger partial charge in [0.2, 0.25) is 11.9 Å². The maximum atomic E-state index is 11.8. The number of aromatic nitrogens is 2. The normalized spacial score (nSPS) is 20.4. The van der Waals surface area contributed by atoms with E-state index < -0.39 is 16.9 Å². The van der Waals surface area contributed by atoms with E-state index in [1.54, 1.807) is 12.1 Å². The Morgan fingerprint density at radius 1 is 1.40 bits per heavy atom. The standard InChI is InChI=1S/C12H10N4O3S/c17-12(9-5-11(9)16(18)19)13-8-3-1-7(2-4-8)10-6-20-15-14-10/h1-4,6,9,11H,5H2,(H,13,17). The summed E-state index contributed by atoms with van der Waals surface area (Å²) >= 11 is 1.27. The van der Waals surface area contributed by atoms with Crippen molar-refractivity contribution in [3.63, 3.8) is 0 Å². The van der Waals surface area contributed by atoms with E-state index in [4.69, 9.17) is 0 Å². The van der Waals surface area contributed by atoms with Crippen molar-refractivity contribution < 1.29 is 9.72 Å². The number of hydrogen-bond donors (Lipinski definition) is 1. The van der Waals surface area contributed by atoms with Gasteiger partial charge in [0.1, 0.15) is 11.6 Å². The summed E-state index contributed by atoms with van der Waals surface area (Å²) in [5.41, 5.74) is 2.31. The summed E-state index contributed by atoms with van der Waals surface area (Å²) in [6.07, 6.45) is 0.321. The molecule has 0 radical (unpaired) electrons. The van der Waals surface area contributed by atoms with Gasteiger partial charge in [-0.25, -0.2) is 0 Å². The lowest BCUT2D eigenvalue weighted by Crippen LogP contribution is -2.18. The van der Waals surface area contributed by atoms with Crippen LogP contribution in [0.25, 0.3) is 11.3 Å². The average molecular weight is 290 g/mol. The van der Waals surface area contributed by atoms with E-state index in [9.17, 15) is 14.9 Å². The second-order valence-corrected chi connectivity index (χ2v) is 5.16. The van der Waals surface area contributed by atoms with Crippen LogP contribution < -0.4 is 5.32 Å². The molecule has 1 aromatic carbocycles. The number of rotatable bonds is 4.